The van der Waals surface area contributed by atoms with Gasteiger partial charge in [0.25, 0.3) is 0 Å². The quantitative estimate of drug-likeness (QED) is 0.918. The molecule has 4 nitrogen and oxygen atoms in total. The molecule has 1 heterocycles. The molecule has 20 heavy (non-hydrogen) atoms. The fraction of sp³-hybridized carbons (Fsp3) is 0.562. The number of ether oxygens (including phenoxy) is 1. The summed E-state index contributed by atoms with van der Waals surface area (Å²) in [6.45, 7) is 8.58. The van der Waals surface area contributed by atoms with Crippen molar-refractivity contribution in [3.05, 3.63) is 35.4 Å². The number of rotatable bonds is 4. The van der Waals surface area contributed by atoms with Crippen LogP contribution in [0, 0.1) is 0 Å². The van der Waals surface area contributed by atoms with Gasteiger partial charge in [0, 0.05) is 19.1 Å². The summed E-state index contributed by atoms with van der Waals surface area (Å²) in [6.07, 6.45) is 0.275. The molecule has 4 heteroatoms. The van der Waals surface area contributed by atoms with Gasteiger partial charge in [-0.15, -0.1) is 0 Å². The number of carbonyl (C=O) groups is 1. The van der Waals surface area contributed by atoms with Gasteiger partial charge in [0.05, 0.1) is 18.6 Å². The zero-order valence-corrected chi connectivity index (χ0v) is 12.4. The topological polar surface area (TPSA) is 49.8 Å². The largest absolute Gasteiger partial charge is 0.481 e. The van der Waals surface area contributed by atoms with Gasteiger partial charge < -0.3 is 9.84 Å². The normalized spacial score (nSPS) is 25.4. The minimum atomic E-state index is -0.784. The molecule has 0 aromatic heterocycles. The van der Waals surface area contributed by atoms with Gasteiger partial charge >= 0.3 is 5.97 Å². The molecule has 1 aromatic carbocycles. The van der Waals surface area contributed by atoms with Gasteiger partial charge in [0.1, 0.15) is 0 Å². The molecule has 0 bridgehead atoms. The number of benzene rings is 1. The van der Waals surface area contributed by atoms with Crippen LogP contribution in [0.3, 0.4) is 0 Å². The van der Waals surface area contributed by atoms with Gasteiger partial charge in [-0.25, -0.2) is 0 Å². The maximum Gasteiger partial charge on any atom is 0.310 e. The van der Waals surface area contributed by atoms with Gasteiger partial charge in [-0.1, -0.05) is 24.3 Å². The predicted molar refractivity (Wildman–Crippen MR) is 77.8 cm³/mol. The van der Waals surface area contributed by atoms with Crippen LogP contribution in [0.2, 0.25) is 0 Å². The summed E-state index contributed by atoms with van der Waals surface area (Å²) in [7, 11) is 0. The third-order valence-corrected chi connectivity index (χ3v) is 3.97. The van der Waals surface area contributed by atoms with E-state index in [1.807, 2.05) is 24.3 Å². The number of morpholine rings is 1. The Bertz CT molecular complexity index is 457. The maximum absolute atomic E-state index is 11.0. The number of aliphatic carboxylic acids is 1. The van der Waals surface area contributed by atoms with E-state index in [9.17, 15) is 4.79 Å². The molecule has 0 amide bonds. The maximum atomic E-state index is 11.0. The summed E-state index contributed by atoms with van der Waals surface area (Å²) >= 11 is 0. The molecule has 0 radical (unpaired) electrons. The summed E-state index contributed by atoms with van der Waals surface area (Å²) in [6, 6.07) is 8.32. The molecule has 1 saturated heterocycles. The van der Waals surface area contributed by atoms with Gasteiger partial charge in [-0.3, -0.25) is 9.69 Å². The van der Waals surface area contributed by atoms with E-state index in [1.54, 1.807) is 6.92 Å². The van der Waals surface area contributed by atoms with Gasteiger partial charge in [0.2, 0.25) is 0 Å². The molecule has 1 fully saturated rings. The minimum absolute atomic E-state index is 0.275. The van der Waals surface area contributed by atoms with E-state index in [4.69, 9.17) is 9.84 Å². The Labute approximate surface area is 120 Å². The highest BCUT2D eigenvalue weighted by Crippen LogP contribution is 2.19. The fourth-order valence-corrected chi connectivity index (χ4v) is 2.48. The molecular weight excluding hydrogens is 254 g/mol. The Kier molecular flexibility index (Phi) is 4.78. The van der Waals surface area contributed by atoms with Crippen molar-refractivity contribution in [3.8, 4) is 0 Å². The summed E-state index contributed by atoms with van der Waals surface area (Å²) in [5, 5.41) is 9.01. The Morgan fingerprint density at radius 3 is 2.65 bits per heavy atom. The van der Waals surface area contributed by atoms with Crippen LogP contribution in [-0.2, 0) is 16.1 Å². The Hall–Kier alpha value is -1.39. The molecule has 110 valence electrons. The van der Waals surface area contributed by atoms with Crippen LogP contribution in [0.15, 0.2) is 24.3 Å². The lowest BCUT2D eigenvalue weighted by atomic mass is 10.00. The van der Waals surface area contributed by atoms with E-state index in [0.717, 1.165) is 25.3 Å². The molecule has 1 aromatic rings. The molecular formula is C16H23NO3. The van der Waals surface area contributed by atoms with Crippen LogP contribution in [0.4, 0.5) is 0 Å². The zero-order valence-electron chi connectivity index (χ0n) is 12.4. The van der Waals surface area contributed by atoms with Crippen LogP contribution in [0.5, 0.6) is 0 Å². The van der Waals surface area contributed by atoms with E-state index >= 15 is 0 Å². The third kappa shape index (κ3) is 3.58. The SMILES string of the molecule is CC1CN(Cc2ccc(C(C)C(=O)O)cc2)C(C)CO1. The average Bonchev–Trinajstić information content (AvgIpc) is 2.43. The second-order valence-electron chi connectivity index (χ2n) is 5.72. The van der Waals surface area contributed by atoms with Crippen molar-refractivity contribution in [2.45, 2.75) is 45.4 Å². The summed E-state index contributed by atoms with van der Waals surface area (Å²) in [4.78, 5) is 13.4. The summed E-state index contributed by atoms with van der Waals surface area (Å²) < 4.78 is 5.63. The lowest BCUT2D eigenvalue weighted by Crippen LogP contribution is -2.46. The van der Waals surface area contributed by atoms with Crippen molar-refractivity contribution in [1.29, 1.82) is 0 Å². The van der Waals surface area contributed by atoms with Gasteiger partial charge in [-0.05, 0) is 31.9 Å². The second-order valence-corrected chi connectivity index (χ2v) is 5.72. The first-order valence-electron chi connectivity index (χ1n) is 7.14. The van der Waals surface area contributed by atoms with E-state index in [2.05, 4.69) is 18.7 Å². The molecule has 0 saturated carbocycles. The first-order valence-corrected chi connectivity index (χ1v) is 7.14. The highest BCUT2D eigenvalue weighted by molar-refractivity contribution is 5.75. The highest BCUT2D eigenvalue weighted by Gasteiger charge is 2.23. The van der Waals surface area contributed by atoms with Crippen molar-refractivity contribution >= 4 is 5.97 Å². The zero-order chi connectivity index (χ0) is 14.7. The van der Waals surface area contributed by atoms with Crippen LogP contribution in [-0.4, -0.2) is 41.3 Å². The van der Waals surface area contributed by atoms with Gasteiger partial charge in [0.15, 0.2) is 0 Å². The van der Waals surface area contributed by atoms with Crippen molar-refractivity contribution in [2.24, 2.45) is 0 Å². The number of hydrogen-bond donors (Lipinski definition) is 1. The van der Waals surface area contributed by atoms with Crippen molar-refractivity contribution in [2.75, 3.05) is 13.2 Å². The lowest BCUT2D eigenvalue weighted by Gasteiger charge is -2.36. The molecule has 1 aliphatic rings. The first kappa shape index (κ1) is 15.0. The molecule has 0 aliphatic carbocycles. The number of hydrogen-bond acceptors (Lipinski definition) is 3. The van der Waals surface area contributed by atoms with Crippen LogP contribution in [0.1, 0.15) is 37.8 Å². The molecule has 1 aliphatic heterocycles. The molecule has 3 unspecified atom stereocenters. The van der Waals surface area contributed by atoms with E-state index in [0.29, 0.717) is 6.04 Å². The number of nitrogens with zero attached hydrogens (tertiary/aromatic N) is 1. The van der Waals surface area contributed by atoms with E-state index < -0.39 is 11.9 Å². The van der Waals surface area contributed by atoms with Gasteiger partial charge in [-0.2, -0.15) is 0 Å². The Morgan fingerprint density at radius 1 is 1.40 bits per heavy atom. The van der Waals surface area contributed by atoms with Crippen molar-refractivity contribution in [3.63, 3.8) is 0 Å². The Morgan fingerprint density at radius 2 is 2.05 bits per heavy atom. The average molecular weight is 277 g/mol. The third-order valence-electron chi connectivity index (χ3n) is 3.97. The number of carboxylic acid groups (broad SMARTS) is 1. The van der Waals surface area contributed by atoms with E-state index in [-0.39, 0.29) is 6.10 Å². The summed E-state index contributed by atoms with van der Waals surface area (Å²) in [5.74, 6) is -1.24. The smallest absolute Gasteiger partial charge is 0.310 e. The molecule has 2 rings (SSSR count). The minimum Gasteiger partial charge on any atom is -0.481 e. The highest BCUT2D eigenvalue weighted by atomic mass is 16.5. The molecule has 1 N–H and O–H groups in total. The standard InChI is InChI=1S/C16H23NO3/c1-11-10-20-12(2)8-17(11)9-14-4-6-15(7-5-14)13(3)16(18)19/h4-7,11-13H,8-10H2,1-3H3,(H,18,19). The van der Waals surface area contributed by atoms with Crippen LogP contribution >= 0.6 is 0 Å². The van der Waals surface area contributed by atoms with Crippen LogP contribution < -0.4 is 0 Å². The second kappa shape index (κ2) is 6.37. The van der Waals surface area contributed by atoms with Crippen molar-refractivity contribution < 1.29 is 14.6 Å². The lowest BCUT2D eigenvalue weighted by molar-refractivity contribution is -0.138. The summed E-state index contributed by atoms with van der Waals surface area (Å²) in [5.41, 5.74) is 2.07. The fourth-order valence-electron chi connectivity index (χ4n) is 2.48. The van der Waals surface area contributed by atoms with Crippen molar-refractivity contribution in [1.82, 2.24) is 4.90 Å². The first-order chi connectivity index (χ1) is 9.47. The number of carboxylic acids is 1. The van der Waals surface area contributed by atoms with Crippen LogP contribution in [0.25, 0.3) is 0 Å². The Balaban J connectivity index is 2.01. The van der Waals surface area contributed by atoms with E-state index in [1.165, 1.54) is 5.56 Å². The predicted octanol–water partition coefficient (Wildman–Crippen LogP) is 2.48. The molecule has 0 spiro atoms. The monoisotopic (exact) mass is 277 g/mol. The molecule has 3 atom stereocenters.